The molecule has 1 unspecified atom stereocenters. The van der Waals surface area contributed by atoms with Crippen LogP contribution in [0, 0.1) is 5.92 Å². The Bertz CT molecular complexity index is 269. The summed E-state index contributed by atoms with van der Waals surface area (Å²) in [6.45, 7) is 1.98. The number of carbonyl (C=O) groups excluding carboxylic acids is 1. The summed E-state index contributed by atoms with van der Waals surface area (Å²) in [6.07, 6.45) is 0.535. The van der Waals surface area contributed by atoms with Crippen LogP contribution in [-0.4, -0.2) is 11.7 Å². The van der Waals surface area contributed by atoms with Crippen molar-refractivity contribution in [2.24, 2.45) is 5.92 Å². The monoisotopic (exact) mass is 196 g/mol. The Balaban J connectivity index is 2.59. The number of hydrogen-bond donors (Lipinski definition) is 0. The number of hydrogen-bond acceptors (Lipinski definition) is 1. The standard InChI is InChI=1S/C11H13ClO/c1-9(8-12)7-11(13)10-5-3-2-4-6-10/h2-6,9H,7-8H2,1H3. The summed E-state index contributed by atoms with van der Waals surface area (Å²) in [5, 5.41) is 0. The molecule has 0 bridgehead atoms. The number of Topliss-reactive ketones (excluding diaryl/α,β-unsaturated/α-hetero) is 1. The van der Waals surface area contributed by atoms with Crippen LogP contribution in [0.4, 0.5) is 0 Å². The molecule has 0 N–H and O–H groups in total. The van der Waals surface area contributed by atoms with E-state index >= 15 is 0 Å². The van der Waals surface area contributed by atoms with E-state index in [2.05, 4.69) is 0 Å². The lowest BCUT2D eigenvalue weighted by Crippen LogP contribution is -2.06. The van der Waals surface area contributed by atoms with E-state index in [1.54, 1.807) is 0 Å². The maximum absolute atomic E-state index is 11.6. The number of rotatable bonds is 4. The van der Waals surface area contributed by atoms with Gasteiger partial charge in [-0.15, -0.1) is 11.6 Å². The van der Waals surface area contributed by atoms with Crippen LogP contribution in [0.25, 0.3) is 0 Å². The molecule has 0 heterocycles. The average Bonchev–Trinajstić information content (AvgIpc) is 2.19. The second kappa shape index (κ2) is 5.03. The fourth-order valence-corrected chi connectivity index (χ4v) is 1.22. The number of halogens is 1. The van der Waals surface area contributed by atoms with E-state index in [4.69, 9.17) is 11.6 Å². The van der Waals surface area contributed by atoms with Gasteiger partial charge in [-0.25, -0.2) is 0 Å². The van der Waals surface area contributed by atoms with Gasteiger partial charge in [0.1, 0.15) is 0 Å². The molecule has 0 saturated heterocycles. The molecule has 1 nitrogen and oxygen atoms in total. The minimum absolute atomic E-state index is 0.175. The van der Waals surface area contributed by atoms with Gasteiger partial charge >= 0.3 is 0 Å². The van der Waals surface area contributed by atoms with E-state index < -0.39 is 0 Å². The topological polar surface area (TPSA) is 17.1 Å². The molecule has 1 rings (SSSR count). The molecule has 0 amide bonds. The minimum atomic E-state index is 0.175. The maximum atomic E-state index is 11.6. The van der Waals surface area contributed by atoms with Gasteiger partial charge in [-0.3, -0.25) is 4.79 Å². The Hall–Kier alpha value is -0.820. The van der Waals surface area contributed by atoms with Crippen molar-refractivity contribution >= 4 is 17.4 Å². The summed E-state index contributed by atoms with van der Waals surface area (Å²) < 4.78 is 0. The third kappa shape index (κ3) is 3.19. The molecule has 70 valence electrons. The lowest BCUT2D eigenvalue weighted by Gasteiger charge is -2.05. The Kier molecular flexibility index (Phi) is 3.97. The van der Waals surface area contributed by atoms with E-state index in [0.29, 0.717) is 12.3 Å². The van der Waals surface area contributed by atoms with Crippen LogP contribution in [0.2, 0.25) is 0 Å². The summed E-state index contributed by atoms with van der Waals surface area (Å²) in [6, 6.07) is 9.32. The highest BCUT2D eigenvalue weighted by Crippen LogP contribution is 2.10. The third-order valence-electron chi connectivity index (χ3n) is 1.89. The molecule has 1 aromatic rings. The first-order valence-electron chi connectivity index (χ1n) is 4.38. The van der Waals surface area contributed by atoms with E-state index in [9.17, 15) is 4.79 Å². The highest BCUT2D eigenvalue weighted by Gasteiger charge is 2.09. The van der Waals surface area contributed by atoms with Gasteiger partial charge in [0, 0.05) is 17.9 Å². The van der Waals surface area contributed by atoms with Crippen LogP contribution >= 0.6 is 11.6 Å². The van der Waals surface area contributed by atoms with Crippen LogP contribution in [0.5, 0.6) is 0 Å². The van der Waals surface area contributed by atoms with Crippen LogP contribution in [0.15, 0.2) is 30.3 Å². The molecule has 0 aliphatic carbocycles. The highest BCUT2D eigenvalue weighted by atomic mass is 35.5. The number of carbonyl (C=O) groups is 1. The summed E-state index contributed by atoms with van der Waals surface area (Å²) >= 11 is 5.63. The lowest BCUT2D eigenvalue weighted by atomic mass is 10.0. The van der Waals surface area contributed by atoms with Gasteiger partial charge in [0.05, 0.1) is 0 Å². The minimum Gasteiger partial charge on any atom is -0.294 e. The fraction of sp³-hybridized carbons (Fsp3) is 0.364. The third-order valence-corrected chi connectivity index (χ3v) is 2.42. The first-order valence-corrected chi connectivity index (χ1v) is 4.91. The Morgan fingerprint density at radius 3 is 2.54 bits per heavy atom. The van der Waals surface area contributed by atoms with Crippen molar-refractivity contribution in [2.75, 3.05) is 5.88 Å². The number of benzene rings is 1. The van der Waals surface area contributed by atoms with Crippen molar-refractivity contribution in [3.8, 4) is 0 Å². The maximum Gasteiger partial charge on any atom is 0.163 e. The average molecular weight is 197 g/mol. The molecule has 0 radical (unpaired) electrons. The van der Waals surface area contributed by atoms with Gasteiger partial charge in [0.25, 0.3) is 0 Å². The second-order valence-corrected chi connectivity index (χ2v) is 3.56. The Morgan fingerprint density at radius 1 is 1.38 bits per heavy atom. The quantitative estimate of drug-likeness (QED) is 0.534. The largest absolute Gasteiger partial charge is 0.294 e. The van der Waals surface area contributed by atoms with E-state index in [1.165, 1.54) is 0 Å². The summed E-state index contributed by atoms with van der Waals surface area (Å²) in [5.41, 5.74) is 0.777. The van der Waals surface area contributed by atoms with Crippen molar-refractivity contribution in [3.05, 3.63) is 35.9 Å². The molecule has 1 atom stereocenters. The van der Waals surface area contributed by atoms with Gasteiger partial charge in [0.2, 0.25) is 0 Å². The molecular formula is C11H13ClO. The zero-order valence-corrected chi connectivity index (χ0v) is 8.42. The van der Waals surface area contributed by atoms with Gasteiger partial charge in [-0.1, -0.05) is 37.3 Å². The van der Waals surface area contributed by atoms with Gasteiger partial charge < -0.3 is 0 Å². The zero-order chi connectivity index (χ0) is 9.68. The van der Waals surface area contributed by atoms with E-state index in [-0.39, 0.29) is 11.7 Å². The van der Waals surface area contributed by atoms with Crippen molar-refractivity contribution in [2.45, 2.75) is 13.3 Å². The normalized spacial score (nSPS) is 12.5. The van der Waals surface area contributed by atoms with Crippen LogP contribution in [0.1, 0.15) is 23.7 Å². The van der Waals surface area contributed by atoms with E-state index in [1.807, 2.05) is 37.3 Å². The smallest absolute Gasteiger partial charge is 0.163 e. The fourth-order valence-electron chi connectivity index (χ4n) is 1.11. The van der Waals surface area contributed by atoms with Crippen molar-refractivity contribution < 1.29 is 4.79 Å². The predicted octanol–water partition coefficient (Wildman–Crippen LogP) is 3.13. The molecule has 13 heavy (non-hydrogen) atoms. The molecule has 0 spiro atoms. The molecule has 0 fully saturated rings. The van der Waals surface area contributed by atoms with Crippen molar-refractivity contribution in [3.63, 3.8) is 0 Å². The van der Waals surface area contributed by atoms with Crippen LogP contribution < -0.4 is 0 Å². The second-order valence-electron chi connectivity index (χ2n) is 3.25. The van der Waals surface area contributed by atoms with Crippen LogP contribution in [-0.2, 0) is 0 Å². The molecule has 0 aliphatic heterocycles. The summed E-state index contributed by atoms with van der Waals surface area (Å²) in [7, 11) is 0. The molecular weight excluding hydrogens is 184 g/mol. The Morgan fingerprint density at radius 2 is 2.00 bits per heavy atom. The first kappa shape index (κ1) is 10.3. The SMILES string of the molecule is CC(CCl)CC(=O)c1ccccc1. The summed E-state index contributed by atoms with van der Waals surface area (Å²) in [5.74, 6) is 0.974. The molecule has 0 aromatic heterocycles. The van der Waals surface area contributed by atoms with Crippen molar-refractivity contribution in [1.82, 2.24) is 0 Å². The molecule has 2 heteroatoms. The molecule has 1 aromatic carbocycles. The number of alkyl halides is 1. The molecule has 0 saturated carbocycles. The van der Waals surface area contributed by atoms with Gasteiger partial charge in [-0.05, 0) is 5.92 Å². The van der Waals surface area contributed by atoms with Gasteiger partial charge in [-0.2, -0.15) is 0 Å². The van der Waals surface area contributed by atoms with Gasteiger partial charge in [0.15, 0.2) is 5.78 Å². The summed E-state index contributed by atoms with van der Waals surface area (Å²) in [4.78, 5) is 11.6. The zero-order valence-electron chi connectivity index (χ0n) is 7.66. The van der Waals surface area contributed by atoms with Crippen molar-refractivity contribution in [1.29, 1.82) is 0 Å². The number of ketones is 1. The lowest BCUT2D eigenvalue weighted by molar-refractivity contribution is 0.0968. The predicted molar refractivity (Wildman–Crippen MR) is 55.3 cm³/mol. The highest BCUT2D eigenvalue weighted by molar-refractivity contribution is 6.18. The first-order chi connectivity index (χ1) is 6.24. The Labute approximate surface area is 83.7 Å². The van der Waals surface area contributed by atoms with E-state index in [0.717, 1.165) is 5.56 Å². The molecule has 0 aliphatic rings. The van der Waals surface area contributed by atoms with Crippen LogP contribution in [0.3, 0.4) is 0 Å².